The third kappa shape index (κ3) is 3.76. The average molecular weight is 440 g/mol. The first-order chi connectivity index (χ1) is 14.3. The predicted molar refractivity (Wildman–Crippen MR) is 98.0 cm³/mol. The maximum atomic E-state index is 12.6. The van der Waals surface area contributed by atoms with Crippen LogP contribution in [0, 0.1) is 0 Å². The summed E-state index contributed by atoms with van der Waals surface area (Å²) in [5.74, 6) is -3.33. The highest BCUT2D eigenvalue weighted by molar-refractivity contribution is 7.86. The summed E-state index contributed by atoms with van der Waals surface area (Å²) in [4.78, 5) is 53.1. The van der Waals surface area contributed by atoms with Crippen molar-refractivity contribution in [1.29, 1.82) is 0 Å². The first-order valence-electron chi connectivity index (χ1n) is 8.30. The molecule has 0 aromatic carbocycles. The number of hydrogen-bond donors (Lipinski definition) is 3. The Morgan fingerprint density at radius 1 is 1.47 bits per heavy atom. The molecule has 0 bridgehead atoms. The maximum absolute atomic E-state index is 12.6. The van der Waals surface area contributed by atoms with E-state index < -0.39 is 58.4 Å². The zero-order valence-corrected chi connectivity index (χ0v) is 16.2. The van der Waals surface area contributed by atoms with E-state index in [9.17, 15) is 28.5 Å². The van der Waals surface area contributed by atoms with Gasteiger partial charge in [0.05, 0.1) is 22.8 Å². The minimum atomic E-state index is -1.79. The van der Waals surface area contributed by atoms with Crippen LogP contribution in [0.3, 0.4) is 0 Å². The van der Waals surface area contributed by atoms with Gasteiger partial charge in [-0.25, -0.2) is 9.59 Å². The summed E-state index contributed by atoms with van der Waals surface area (Å²) < 4.78 is 22.3. The number of oxime groups is 1. The number of carboxylic acid groups (broad SMARTS) is 1. The molecule has 3 heterocycles. The number of fused-ring (bicyclic) bond motifs is 1. The summed E-state index contributed by atoms with van der Waals surface area (Å²) in [6.45, 7) is -0.528. The van der Waals surface area contributed by atoms with Crippen molar-refractivity contribution in [2.24, 2.45) is 10.9 Å². The van der Waals surface area contributed by atoms with E-state index in [-0.39, 0.29) is 22.8 Å². The molecular weight excluding hydrogens is 424 g/mol. The number of rotatable bonds is 7. The van der Waals surface area contributed by atoms with Crippen molar-refractivity contribution in [3.63, 3.8) is 0 Å². The number of β-lactam (4-membered cyclic amide) rings is 1. The van der Waals surface area contributed by atoms with Crippen LogP contribution < -0.4 is 11.1 Å². The van der Waals surface area contributed by atoms with Gasteiger partial charge < -0.3 is 30.1 Å². The molecule has 0 aliphatic carbocycles. The molecule has 2 aliphatic rings. The van der Waals surface area contributed by atoms with Gasteiger partial charge in [-0.3, -0.25) is 18.7 Å². The Hall–Kier alpha value is -3.68. The quantitative estimate of drug-likeness (QED) is 0.257. The Balaban J connectivity index is 1.83. The third-order valence-electron chi connectivity index (χ3n) is 4.23. The molecule has 3 amide bonds. The smallest absolute Gasteiger partial charge is 0.404 e. The summed E-state index contributed by atoms with van der Waals surface area (Å²) in [5, 5.41) is 14.3. The molecule has 1 unspecified atom stereocenters. The normalized spacial score (nSPS) is 23.4. The molecule has 3 atom stereocenters. The molecule has 1 aromatic heterocycles. The lowest BCUT2D eigenvalue weighted by Crippen LogP contribution is -2.74. The molecule has 3 rings (SSSR count). The summed E-state index contributed by atoms with van der Waals surface area (Å²) in [7, 11) is -0.578. The molecule has 1 fully saturated rings. The first-order valence-corrected chi connectivity index (χ1v) is 9.68. The summed E-state index contributed by atoms with van der Waals surface area (Å²) >= 11 is 0. The van der Waals surface area contributed by atoms with E-state index in [1.54, 1.807) is 0 Å². The Morgan fingerprint density at radius 3 is 2.77 bits per heavy atom. The second-order valence-corrected chi connectivity index (χ2v) is 7.57. The van der Waals surface area contributed by atoms with Gasteiger partial charge in [0.25, 0.3) is 11.8 Å². The van der Waals surface area contributed by atoms with E-state index in [0.717, 1.165) is 4.90 Å². The van der Waals surface area contributed by atoms with Crippen LogP contribution in [0.15, 0.2) is 39.2 Å². The van der Waals surface area contributed by atoms with Gasteiger partial charge in [-0.2, -0.15) is 0 Å². The molecule has 1 aromatic rings. The molecule has 0 spiro atoms. The van der Waals surface area contributed by atoms with E-state index in [1.807, 2.05) is 0 Å². The van der Waals surface area contributed by atoms with Crippen molar-refractivity contribution in [3.05, 3.63) is 35.4 Å². The lowest BCUT2D eigenvalue weighted by atomic mass is 10.0. The second kappa shape index (κ2) is 8.36. The molecule has 1 saturated heterocycles. The number of nitrogens with zero attached hydrogens (tertiary/aromatic N) is 2. The molecule has 14 heteroatoms. The van der Waals surface area contributed by atoms with Crippen molar-refractivity contribution in [2.75, 3.05) is 19.5 Å². The van der Waals surface area contributed by atoms with Crippen molar-refractivity contribution in [3.8, 4) is 0 Å². The maximum Gasteiger partial charge on any atom is 0.404 e. The SMILES string of the molecule is CO/N=C(\C(=O)N[C@@H]1C(=O)N2C(C(=O)O)=C(COC(N)=O)CS(=O)[C@H]12)c1ccco1. The molecule has 0 radical (unpaired) electrons. The van der Waals surface area contributed by atoms with E-state index in [4.69, 9.17) is 10.2 Å². The molecule has 160 valence electrons. The first kappa shape index (κ1) is 21.0. The van der Waals surface area contributed by atoms with Crippen LogP contribution in [0.25, 0.3) is 0 Å². The predicted octanol–water partition coefficient (Wildman–Crippen LogP) is -1.52. The van der Waals surface area contributed by atoms with Gasteiger partial charge in [-0.15, -0.1) is 0 Å². The zero-order chi connectivity index (χ0) is 22.0. The van der Waals surface area contributed by atoms with Crippen LogP contribution >= 0.6 is 0 Å². The number of carbonyl (C=O) groups excluding carboxylic acids is 3. The standard InChI is InChI=1S/C16H16N4O9S/c1-27-19-9(8-3-2-4-28-8)12(21)18-10-13(22)20-11(15(23)24)7(5-29-16(17)25)6-30(26)14(10)20/h2-4,10,14H,5-6H2,1H3,(H2,17,25)(H,18,21)(H,23,24)/b19-9-/t10-,14-,30?/m1/s1. The van der Waals surface area contributed by atoms with Crippen molar-refractivity contribution in [1.82, 2.24) is 10.2 Å². The highest BCUT2D eigenvalue weighted by Gasteiger charge is 2.57. The topological polar surface area (TPSA) is 191 Å². The number of primary amides is 1. The summed E-state index contributed by atoms with van der Waals surface area (Å²) in [5.41, 5.74) is 4.11. The van der Waals surface area contributed by atoms with Gasteiger partial charge >= 0.3 is 12.1 Å². The number of nitrogens with one attached hydrogen (secondary N) is 1. The number of carboxylic acids is 1. The number of aliphatic carboxylic acids is 1. The van der Waals surface area contributed by atoms with Crippen LogP contribution in [-0.2, 0) is 34.8 Å². The lowest BCUT2D eigenvalue weighted by molar-refractivity contribution is -0.150. The fourth-order valence-electron chi connectivity index (χ4n) is 3.03. The monoisotopic (exact) mass is 440 g/mol. The van der Waals surface area contributed by atoms with Crippen molar-refractivity contribution >= 4 is 40.4 Å². The van der Waals surface area contributed by atoms with Gasteiger partial charge in [0, 0.05) is 5.57 Å². The minimum absolute atomic E-state index is 0.0359. The Kier molecular flexibility index (Phi) is 5.86. The van der Waals surface area contributed by atoms with Crippen LogP contribution in [-0.4, -0.2) is 74.7 Å². The van der Waals surface area contributed by atoms with Crippen molar-refractivity contribution < 1.29 is 42.5 Å². The average Bonchev–Trinajstić information content (AvgIpc) is 3.22. The van der Waals surface area contributed by atoms with E-state index in [2.05, 4.69) is 20.0 Å². The van der Waals surface area contributed by atoms with Crippen LogP contribution in [0.4, 0.5) is 4.79 Å². The van der Waals surface area contributed by atoms with Crippen LogP contribution in [0.1, 0.15) is 5.76 Å². The minimum Gasteiger partial charge on any atom is -0.477 e. The van der Waals surface area contributed by atoms with E-state index in [1.165, 1.54) is 25.5 Å². The number of hydrogen-bond acceptors (Lipinski definition) is 9. The lowest BCUT2D eigenvalue weighted by Gasteiger charge is -2.48. The Bertz CT molecular complexity index is 985. The van der Waals surface area contributed by atoms with E-state index >= 15 is 0 Å². The number of furan rings is 1. The second-order valence-electron chi connectivity index (χ2n) is 6.04. The number of amides is 3. The molecular formula is C16H16N4O9S. The van der Waals surface area contributed by atoms with Gasteiger partial charge in [0.15, 0.2) is 5.76 Å². The number of carbonyl (C=O) groups is 4. The van der Waals surface area contributed by atoms with E-state index in [0.29, 0.717) is 0 Å². The molecule has 2 aliphatic heterocycles. The van der Waals surface area contributed by atoms with Crippen molar-refractivity contribution in [2.45, 2.75) is 11.4 Å². The highest BCUT2D eigenvalue weighted by Crippen LogP contribution is 2.35. The molecule has 0 saturated carbocycles. The Labute approximate surface area is 170 Å². The highest BCUT2D eigenvalue weighted by atomic mass is 32.2. The summed E-state index contributed by atoms with van der Waals surface area (Å²) in [6, 6.07) is 1.70. The van der Waals surface area contributed by atoms with Gasteiger partial charge in [0.2, 0.25) is 5.71 Å². The molecule has 30 heavy (non-hydrogen) atoms. The number of nitrogens with two attached hydrogens (primary N) is 1. The Morgan fingerprint density at radius 2 is 2.20 bits per heavy atom. The van der Waals surface area contributed by atoms with Crippen LogP contribution in [0.2, 0.25) is 0 Å². The van der Waals surface area contributed by atoms with Gasteiger partial charge in [-0.1, -0.05) is 5.16 Å². The van der Waals surface area contributed by atoms with Crippen LogP contribution in [0.5, 0.6) is 0 Å². The fourth-order valence-corrected chi connectivity index (χ4v) is 4.70. The third-order valence-corrected chi connectivity index (χ3v) is 5.89. The van der Waals surface area contributed by atoms with Gasteiger partial charge in [-0.05, 0) is 12.1 Å². The summed E-state index contributed by atoms with van der Waals surface area (Å²) in [6.07, 6.45) is 0.155. The molecule has 4 N–H and O–H groups in total. The number of ether oxygens (including phenoxy) is 1. The van der Waals surface area contributed by atoms with Gasteiger partial charge in [0.1, 0.15) is 30.8 Å². The molecule has 13 nitrogen and oxygen atoms in total. The zero-order valence-electron chi connectivity index (χ0n) is 15.4. The largest absolute Gasteiger partial charge is 0.477 e. The fraction of sp³-hybridized carbons (Fsp3) is 0.312.